The van der Waals surface area contributed by atoms with E-state index in [1.807, 2.05) is 0 Å². The van der Waals surface area contributed by atoms with Gasteiger partial charge in [-0.15, -0.1) is 0 Å². The van der Waals surface area contributed by atoms with E-state index in [0.29, 0.717) is 5.56 Å². The minimum absolute atomic E-state index is 0.0499. The molecular formula is C9H10F3N3O. The first kappa shape index (κ1) is 12.3. The van der Waals surface area contributed by atoms with Crippen molar-refractivity contribution in [3.63, 3.8) is 0 Å². The van der Waals surface area contributed by atoms with E-state index in [4.69, 9.17) is 10.9 Å². The molecule has 0 saturated heterocycles. The third-order valence-corrected chi connectivity index (χ3v) is 1.89. The van der Waals surface area contributed by atoms with Crippen LogP contribution in [0.5, 0.6) is 0 Å². The van der Waals surface area contributed by atoms with E-state index in [0.717, 1.165) is 12.1 Å². The summed E-state index contributed by atoms with van der Waals surface area (Å²) < 4.78 is 37.1. The molecule has 0 amide bonds. The second-order valence-corrected chi connectivity index (χ2v) is 3.11. The van der Waals surface area contributed by atoms with Gasteiger partial charge in [0.1, 0.15) is 0 Å². The Morgan fingerprint density at radius 2 is 2.06 bits per heavy atom. The number of alkyl halides is 3. The first-order chi connectivity index (χ1) is 7.34. The molecule has 0 aliphatic heterocycles. The van der Waals surface area contributed by atoms with E-state index in [1.165, 1.54) is 6.07 Å². The molecule has 0 bridgehead atoms. The van der Waals surface area contributed by atoms with Gasteiger partial charge in [-0.2, -0.15) is 13.2 Å². The molecule has 0 heterocycles. The lowest BCUT2D eigenvalue weighted by atomic mass is 10.1. The summed E-state index contributed by atoms with van der Waals surface area (Å²) in [7, 11) is 0. The van der Waals surface area contributed by atoms with Crippen LogP contribution < -0.4 is 11.2 Å². The molecule has 1 aromatic rings. The molecule has 0 aromatic heterocycles. The number of nitrogens with two attached hydrogens (primary N) is 1. The van der Waals surface area contributed by atoms with Crippen molar-refractivity contribution in [1.82, 2.24) is 5.48 Å². The van der Waals surface area contributed by atoms with E-state index in [1.54, 1.807) is 12.4 Å². The Labute approximate surface area is 89.6 Å². The predicted octanol–water partition coefficient (Wildman–Crippen LogP) is 1.94. The van der Waals surface area contributed by atoms with E-state index in [-0.39, 0.29) is 11.6 Å². The number of nitrogens with zero attached hydrogens (tertiary/aromatic N) is 1. The standard InChI is InChI=1S/C9H10F3N3O/c1-5-2-3-6(9(10,11)12)4-7(5)14-8(13)15-16/h2-4,16H,1H3,(H3,13,14,15). The zero-order chi connectivity index (χ0) is 12.3. The molecule has 0 aliphatic rings. The van der Waals surface area contributed by atoms with E-state index in [9.17, 15) is 13.2 Å². The van der Waals surface area contributed by atoms with Gasteiger partial charge in [-0.1, -0.05) is 6.07 Å². The zero-order valence-corrected chi connectivity index (χ0v) is 8.34. The number of rotatable bonds is 1. The van der Waals surface area contributed by atoms with Crippen molar-refractivity contribution in [2.45, 2.75) is 13.1 Å². The average Bonchev–Trinajstić information content (AvgIpc) is 2.19. The number of aryl methyl sites for hydroxylation is 1. The van der Waals surface area contributed by atoms with Crippen molar-refractivity contribution in [2.24, 2.45) is 10.7 Å². The number of nitrogens with one attached hydrogen (secondary N) is 1. The summed E-state index contributed by atoms with van der Waals surface area (Å²) in [4.78, 5) is 3.58. The summed E-state index contributed by atoms with van der Waals surface area (Å²) in [5, 5.41) is 8.39. The van der Waals surface area contributed by atoms with Gasteiger partial charge < -0.3 is 5.73 Å². The summed E-state index contributed by atoms with van der Waals surface area (Å²) in [6.07, 6.45) is -4.43. The van der Waals surface area contributed by atoms with E-state index >= 15 is 0 Å². The third-order valence-electron chi connectivity index (χ3n) is 1.89. The van der Waals surface area contributed by atoms with Gasteiger partial charge in [0.05, 0.1) is 11.3 Å². The maximum Gasteiger partial charge on any atom is 0.416 e. The summed E-state index contributed by atoms with van der Waals surface area (Å²) >= 11 is 0. The van der Waals surface area contributed by atoms with Gasteiger partial charge in [0.15, 0.2) is 0 Å². The Morgan fingerprint density at radius 1 is 1.44 bits per heavy atom. The van der Waals surface area contributed by atoms with Crippen molar-refractivity contribution >= 4 is 11.6 Å². The molecular weight excluding hydrogens is 223 g/mol. The molecule has 1 aromatic carbocycles. The lowest BCUT2D eigenvalue weighted by Crippen LogP contribution is -2.27. The number of guanidine groups is 1. The SMILES string of the molecule is Cc1ccc(C(F)(F)F)cc1N=C(N)NO. The highest BCUT2D eigenvalue weighted by molar-refractivity contribution is 5.80. The summed E-state index contributed by atoms with van der Waals surface area (Å²) in [6.45, 7) is 1.59. The van der Waals surface area contributed by atoms with Gasteiger partial charge in [-0.25, -0.2) is 10.5 Å². The first-order valence-corrected chi connectivity index (χ1v) is 4.26. The number of aliphatic imine (C=N–C) groups is 1. The van der Waals surface area contributed by atoms with Crippen LogP contribution >= 0.6 is 0 Å². The topological polar surface area (TPSA) is 70.6 Å². The molecule has 88 valence electrons. The molecule has 0 spiro atoms. The molecule has 0 saturated carbocycles. The monoisotopic (exact) mass is 233 g/mol. The largest absolute Gasteiger partial charge is 0.416 e. The van der Waals surface area contributed by atoms with Crippen LogP contribution in [0, 0.1) is 6.92 Å². The molecule has 4 nitrogen and oxygen atoms in total. The Kier molecular flexibility index (Phi) is 3.38. The summed E-state index contributed by atoms with van der Waals surface area (Å²) in [5.74, 6) is -0.373. The molecule has 4 N–H and O–H groups in total. The maximum absolute atomic E-state index is 12.4. The van der Waals surface area contributed by atoms with Crippen LogP contribution in [-0.2, 0) is 6.18 Å². The second-order valence-electron chi connectivity index (χ2n) is 3.11. The average molecular weight is 233 g/mol. The Morgan fingerprint density at radius 3 is 2.56 bits per heavy atom. The normalized spacial score (nSPS) is 12.7. The highest BCUT2D eigenvalue weighted by atomic mass is 19.4. The summed E-state index contributed by atoms with van der Waals surface area (Å²) in [6, 6.07) is 3.10. The van der Waals surface area contributed by atoms with E-state index < -0.39 is 11.7 Å². The van der Waals surface area contributed by atoms with Crippen molar-refractivity contribution in [1.29, 1.82) is 0 Å². The highest BCUT2D eigenvalue weighted by Crippen LogP contribution is 2.32. The minimum Gasteiger partial charge on any atom is -0.368 e. The van der Waals surface area contributed by atoms with Crippen molar-refractivity contribution < 1.29 is 18.4 Å². The predicted molar refractivity (Wildman–Crippen MR) is 52.4 cm³/mol. The van der Waals surface area contributed by atoms with Crippen LogP contribution in [0.4, 0.5) is 18.9 Å². The smallest absolute Gasteiger partial charge is 0.368 e. The van der Waals surface area contributed by atoms with Gasteiger partial charge in [-0.05, 0) is 24.6 Å². The minimum atomic E-state index is -4.43. The second kappa shape index (κ2) is 4.40. The molecule has 0 atom stereocenters. The van der Waals surface area contributed by atoms with Crippen LogP contribution in [0.2, 0.25) is 0 Å². The Balaban J connectivity index is 3.19. The molecule has 0 radical (unpaired) electrons. The van der Waals surface area contributed by atoms with Crippen LogP contribution in [0.25, 0.3) is 0 Å². The lowest BCUT2D eigenvalue weighted by molar-refractivity contribution is -0.137. The molecule has 7 heteroatoms. The molecule has 0 aliphatic carbocycles. The number of hydrogen-bond donors (Lipinski definition) is 3. The number of hydrogen-bond acceptors (Lipinski definition) is 2. The fraction of sp³-hybridized carbons (Fsp3) is 0.222. The summed E-state index contributed by atoms with van der Waals surface area (Å²) in [5.41, 5.74) is 6.44. The van der Waals surface area contributed by atoms with Gasteiger partial charge in [0.2, 0.25) is 5.96 Å². The number of benzene rings is 1. The van der Waals surface area contributed by atoms with Gasteiger partial charge in [0, 0.05) is 0 Å². The number of hydroxylamine groups is 1. The fourth-order valence-corrected chi connectivity index (χ4v) is 1.06. The van der Waals surface area contributed by atoms with E-state index in [2.05, 4.69) is 4.99 Å². The lowest BCUT2D eigenvalue weighted by Gasteiger charge is -2.09. The molecule has 16 heavy (non-hydrogen) atoms. The molecule has 1 rings (SSSR count). The Hall–Kier alpha value is -1.76. The first-order valence-electron chi connectivity index (χ1n) is 4.26. The van der Waals surface area contributed by atoms with Gasteiger partial charge in [-0.3, -0.25) is 5.21 Å². The van der Waals surface area contributed by atoms with Gasteiger partial charge >= 0.3 is 6.18 Å². The fourth-order valence-electron chi connectivity index (χ4n) is 1.06. The van der Waals surface area contributed by atoms with Crippen LogP contribution in [0.15, 0.2) is 23.2 Å². The highest BCUT2D eigenvalue weighted by Gasteiger charge is 2.30. The molecule has 0 fully saturated rings. The zero-order valence-electron chi connectivity index (χ0n) is 8.34. The van der Waals surface area contributed by atoms with Crippen molar-refractivity contribution in [3.05, 3.63) is 29.3 Å². The number of halogens is 3. The molecule has 0 unspecified atom stereocenters. The Bertz CT molecular complexity index is 415. The third kappa shape index (κ3) is 2.86. The van der Waals surface area contributed by atoms with Crippen LogP contribution in [0.1, 0.15) is 11.1 Å². The van der Waals surface area contributed by atoms with Crippen molar-refractivity contribution in [3.8, 4) is 0 Å². The van der Waals surface area contributed by atoms with Crippen LogP contribution in [0.3, 0.4) is 0 Å². The van der Waals surface area contributed by atoms with Crippen molar-refractivity contribution in [2.75, 3.05) is 0 Å². The quantitative estimate of drug-likeness (QED) is 0.394. The van der Waals surface area contributed by atoms with Crippen LogP contribution in [-0.4, -0.2) is 11.2 Å². The van der Waals surface area contributed by atoms with Gasteiger partial charge in [0.25, 0.3) is 0 Å². The maximum atomic E-state index is 12.4.